The highest BCUT2D eigenvalue weighted by Crippen LogP contribution is 2.21. The van der Waals surface area contributed by atoms with Gasteiger partial charge in [0.15, 0.2) is 6.54 Å². The number of rotatable bonds is 6. The lowest BCUT2D eigenvalue weighted by atomic mass is 10.4. The molecular weight excluding hydrogens is 240 g/mol. The van der Waals surface area contributed by atoms with Crippen LogP contribution in [0.15, 0.2) is 9.64 Å². The number of thioether (sulfide) groups is 1. The Morgan fingerprint density at radius 2 is 2.24 bits per heavy atom. The van der Waals surface area contributed by atoms with Crippen LogP contribution in [0, 0.1) is 0 Å². The normalized spacial score (nSPS) is 12.8. The van der Waals surface area contributed by atoms with Gasteiger partial charge in [0.25, 0.3) is 11.1 Å². The third-order valence-corrected chi connectivity index (χ3v) is 2.89. The van der Waals surface area contributed by atoms with Crippen molar-refractivity contribution in [2.24, 2.45) is 0 Å². The Morgan fingerprint density at radius 3 is 2.82 bits per heavy atom. The highest BCUT2D eigenvalue weighted by Gasteiger charge is 2.18. The van der Waals surface area contributed by atoms with Crippen molar-refractivity contribution in [3.8, 4) is 0 Å². The summed E-state index contributed by atoms with van der Waals surface area (Å²) in [7, 11) is 4.02. The summed E-state index contributed by atoms with van der Waals surface area (Å²) in [5.41, 5.74) is 0. The number of carbonyl (C=O) groups is 1. The number of nitrogens with zero attached hydrogens (tertiary/aromatic N) is 2. The van der Waals surface area contributed by atoms with Gasteiger partial charge in [0.1, 0.15) is 0 Å². The van der Waals surface area contributed by atoms with Gasteiger partial charge in [-0.2, -0.15) is 0 Å². The molecule has 96 valence electrons. The molecule has 1 atom stereocenters. The summed E-state index contributed by atoms with van der Waals surface area (Å²) < 4.78 is 5.43. The number of hydrogen-bond acceptors (Lipinski definition) is 5. The van der Waals surface area contributed by atoms with E-state index in [9.17, 15) is 4.79 Å². The van der Waals surface area contributed by atoms with E-state index in [0.29, 0.717) is 24.2 Å². The Kier molecular flexibility index (Phi) is 5.43. The van der Waals surface area contributed by atoms with Gasteiger partial charge in [-0.25, -0.2) is 0 Å². The van der Waals surface area contributed by atoms with E-state index in [-0.39, 0.29) is 11.2 Å². The van der Waals surface area contributed by atoms with Crippen LogP contribution in [0.25, 0.3) is 0 Å². The van der Waals surface area contributed by atoms with Crippen LogP contribution in [0.1, 0.15) is 19.7 Å². The Morgan fingerprint density at radius 1 is 1.53 bits per heavy atom. The molecule has 17 heavy (non-hydrogen) atoms. The number of amides is 1. The Hall–Kier alpha value is -1.08. The van der Waals surface area contributed by atoms with Crippen molar-refractivity contribution in [3.63, 3.8) is 0 Å². The summed E-state index contributed by atoms with van der Waals surface area (Å²) in [6, 6.07) is 0. The minimum atomic E-state index is -0.227. The zero-order chi connectivity index (χ0) is 12.8. The van der Waals surface area contributed by atoms with Gasteiger partial charge >= 0.3 is 0 Å². The zero-order valence-electron chi connectivity index (χ0n) is 10.6. The van der Waals surface area contributed by atoms with Gasteiger partial charge in [-0.05, 0) is 13.8 Å². The monoisotopic (exact) mass is 259 g/mol. The standard InChI is InChI=1S/C10H18N4O2S/c1-5-11-9(15)7(2)17-10-13-12-8(16-10)6-14(3)4/h7H,5-6H2,1-4H3,(H,11,15)/p+1/t7-/m0/s1. The molecule has 0 aliphatic rings. The predicted molar refractivity (Wildman–Crippen MR) is 64.8 cm³/mol. The van der Waals surface area contributed by atoms with Gasteiger partial charge in [0.05, 0.1) is 19.3 Å². The van der Waals surface area contributed by atoms with Crippen LogP contribution < -0.4 is 10.2 Å². The Labute approximate surface area is 105 Å². The molecule has 1 rings (SSSR count). The molecule has 1 heterocycles. The molecule has 0 spiro atoms. The second-order valence-electron chi connectivity index (χ2n) is 4.00. The molecule has 2 N–H and O–H groups in total. The second-order valence-corrected chi connectivity index (χ2v) is 5.29. The molecule has 0 aliphatic heterocycles. The lowest BCUT2D eigenvalue weighted by Gasteiger charge is -2.07. The van der Waals surface area contributed by atoms with Crippen molar-refractivity contribution in [1.82, 2.24) is 15.5 Å². The van der Waals surface area contributed by atoms with Crippen LogP contribution in [-0.4, -0.2) is 42.0 Å². The highest BCUT2D eigenvalue weighted by atomic mass is 32.2. The highest BCUT2D eigenvalue weighted by molar-refractivity contribution is 8.00. The third kappa shape index (κ3) is 4.74. The van der Waals surface area contributed by atoms with Gasteiger partial charge < -0.3 is 14.6 Å². The molecular formula is C10H19N4O2S+. The molecule has 0 unspecified atom stereocenters. The van der Waals surface area contributed by atoms with E-state index >= 15 is 0 Å². The van der Waals surface area contributed by atoms with Crippen LogP contribution in [0.4, 0.5) is 0 Å². The molecule has 0 aromatic carbocycles. The number of aromatic nitrogens is 2. The van der Waals surface area contributed by atoms with E-state index in [1.807, 2.05) is 27.9 Å². The number of quaternary nitrogens is 1. The quantitative estimate of drug-likeness (QED) is 0.663. The summed E-state index contributed by atoms with van der Waals surface area (Å²) >= 11 is 1.28. The SMILES string of the molecule is CCNC(=O)[C@H](C)Sc1nnc(C[NH+](C)C)o1. The minimum Gasteiger partial charge on any atom is -0.410 e. The van der Waals surface area contributed by atoms with Crippen LogP contribution in [0.5, 0.6) is 0 Å². The van der Waals surface area contributed by atoms with Crippen molar-refractivity contribution in [1.29, 1.82) is 0 Å². The maximum Gasteiger partial charge on any atom is 0.277 e. The Balaban J connectivity index is 2.51. The maximum absolute atomic E-state index is 11.5. The first kappa shape index (κ1) is 14.0. The fourth-order valence-electron chi connectivity index (χ4n) is 1.18. The van der Waals surface area contributed by atoms with Crippen LogP contribution in [0.3, 0.4) is 0 Å². The topological polar surface area (TPSA) is 72.5 Å². The lowest BCUT2D eigenvalue weighted by molar-refractivity contribution is -0.874. The van der Waals surface area contributed by atoms with E-state index in [1.165, 1.54) is 16.7 Å². The first-order valence-electron chi connectivity index (χ1n) is 5.58. The van der Waals surface area contributed by atoms with Crippen molar-refractivity contribution in [2.75, 3.05) is 20.6 Å². The van der Waals surface area contributed by atoms with Gasteiger partial charge in [-0.15, -0.1) is 10.2 Å². The molecule has 6 nitrogen and oxygen atoms in total. The molecule has 0 radical (unpaired) electrons. The van der Waals surface area contributed by atoms with Gasteiger partial charge in [0.2, 0.25) is 5.91 Å². The summed E-state index contributed by atoms with van der Waals surface area (Å²) in [5, 5.41) is 10.8. The minimum absolute atomic E-state index is 0.0181. The maximum atomic E-state index is 11.5. The van der Waals surface area contributed by atoms with Crippen LogP contribution in [-0.2, 0) is 11.3 Å². The molecule has 1 aromatic heterocycles. The molecule has 0 saturated heterocycles. The van der Waals surface area contributed by atoms with Crippen molar-refractivity contribution in [3.05, 3.63) is 5.89 Å². The zero-order valence-corrected chi connectivity index (χ0v) is 11.4. The van der Waals surface area contributed by atoms with E-state index in [2.05, 4.69) is 15.5 Å². The average molecular weight is 259 g/mol. The number of carbonyl (C=O) groups excluding carboxylic acids is 1. The molecule has 0 fully saturated rings. The van der Waals surface area contributed by atoms with Crippen molar-refractivity contribution < 1.29 is 14.1 Å². The second kappa shape index (κ2) is 6.61. The van der Waals surface area contributed by atoms with E-state index in [0.717, 1.165) is 0 Å². The van der Waals surface area contributed by atoms with E-state index in [1.54, 1.807) is 0 Å². The fourth-order valence-corrected chi connectivity index (χ4v) is 1.91. The lowest BCUT2D eigenvalue weighted by Crippen LogP contribution is -3.04. The smallest absolute Gasteiger partial charge is 0.277 e. The number of hydrogen-bond donors (Lipinski definition) is 2. The molecule has 7 heteroatoms. The summed E-state index contributed by atoms with van der Waals surface area (Å²) in [6.45, 7) is 5.02. The van der Waals surface area contributed by atoms with Crippen LogP contribution in [0.2, 0.25) is 0 Å². The largest absolute Gasteiger partial charge is 0.410 e. The average Bonchev–Trinajstić information content (AvgIpc) is 2.64. The Bertz CT molecular complexity index is 367. The first-order valence-corrected chi connectivity index (χ1v) is 6.46. The van der Waals surface area contributed by atoms with Gasteiger partial charge in [-0.1, -0.05) is 11.8 Å². The van der Waals surface area contributed by atoms with E-state index < -0.39 is 0 Å². The summed E-state index contributed by atoms with van der Waals surface area (Å²) in [5.74, 6) is 0.575. The van der Waals surface area contributed by atoms with Gasteiger partial charge in [0, 0.05) is 6.54 Å². The molecule has 0 aliphatic carbocycles. The van der Waals surface area contributed by atoms with Crippen molar-refractivity contribution in [2.45, 2.75) is 30.9 Å². The van der Waals surface area contributed by atoms with Crippen LogP contribution >= 0.6 is 11.8 Å². The van der Waals surface area contributed by atoms with E-state index in [4.69, 9.17) is 4.42 Å². The predicted octanol–water partition coefficient (Wildman–Crippen LogP) is -0.669. The summed E-state index contributed by atoms with van der Waals surface area (Å²) in [4.78, 5) is 12.7. The fraction of sp³-hybridized carbons (Fsp3) is 0.700. The van der Waals surface area contributed by atoms with Crippen molar-refractivity contribution >= 4 is 17.7 Å². The third-order valence-electron chi connectivity index (χ3n) is 1.95. The number of nitrogens with one attached hydrogen (secondary N) is 2. The molecule has 1 amide bonds. The van der Waals surface area contributed by atoms with Gasteiger partial charge in [-0.3, -0.25) is 4.79 Å². The molecule has 0 saturated carbocycles. The first-order chi connectivity index (χ1) is 8.02. The summed E-state index contributed by atoms with van der Waals surface area (Å²) in [6.07, 6.45) is 0. The molecule has 1 aromatic rings. The molecule has 0 bridgehead atoms.